The van der Waals surface area contributed by atoms with E-state index in [-0.39, 0.29) is 55.9 Å². The van der Waals surface area contributed by atoms with Crippen LogP contribution in [0.15, 0.2) is 60.7 Å². The largest absolute Gasteiger partial charge is 0.478 e. The first kappa shape index (κ1) is 25.8. The van der Waals surface area contributed by atoms with Gasteiger partial charge in [0.05, 0.1) is 11.1 Å². The van der Waals surface area contributed by atoms with Gasteiger partial charge in [0.1, 0.15) is 0 Å². The summed E-state index contributed by atoms with van der Waals surface area (Å²) in [5.74, 6) is -5.63. The van der Waals surface area contributed by atoms with E-state index in [4.69, 9.17) is 9.47 Å². The molecule has 8 nitrogen and oxygen atoms in total. The third kappa shape index (κ3) is 7.08. The van der Waals surface area contributed by atoms with Crippen molar-refractivity contribution >= 4 is 23.9 Å². The minimum absolute atomic E-state index is 0. The van der Waals surface area contributed by atoms with Crippen molar-refractivity contribution in [2.45, 2.75) is 12.2 Å². The van der Waals surface area contributed by atoms with Crippen LogP contribution in [0.3, 0.4) is 0 Å². The van der Waals surface area contributed by atoms with Crippen molar-refractivity contribution in [3.05, 3.63) is 71.8 Å². The van der Waals surface area contributed by atoms with Crippen molar-refractivity contribution in [3.63, 3.8) is 0 Å². The topological polar surface area (TPSA) is 127 Å². The molecule has 2 radical (unpaired) electrons. The van der Waals surface area contributed by atoms with Crippen LogP contribution in [-0.2, 0) is 63.8 Å². The Balaban J connectivity index is 0.00000364. The summed E-state index contributed by atoms with van der Waals surface area (Å²) in [4.78, 5) is 46.8. The molecule has 0 bridgehead atoms. The second-order valence-electron chi connectivity index (χ2n) is 5.06. The Morgan fingerprint density at radius 3 is 1.14 bits per heavy atom. The van der Waals surface area contributed by atoms with E-state index in [1.54, 1.807) is 12.1 Å². The molecule has 0 saturated carbocycles. The van der Waals surface area contributed by atoms with Crippen LogP contribution in [0, 0.1) is 0 Å². The number of hydrogen-bond acceptors (Lipinski definition) is 6. The van der Waals surface area contributed by atoms with Gasteiger partial charge in [-0.05, 0) is 24.3 Å². The molecule has 2 unspecified atom stereocenters. The van der Waals surface area contributed by atoms with E-state index in [2.05, 4.69) is 0 Å². The number of esters is 2. The molecule has 0 aliphatic carbocycles. The van der Waals surface area contributed by atoms with Gasteiger partial charge in [-0.25, -0.2) is 19.2 Å². The standard InChI is InChI=1S/C18H14O8.2Ag/c19-15(20)13(25-17(23)11-7-3-1-4-8-11)14(16(21)22)26-18(24)12-9-5-2-6-10-12;;/h1-10,13-14H,(H,19,20)(H,21,22);;. The van der Waals surface area contributed by atoms with E-state index in [1.165, 1.54) is 48.5 Å². The average Bonchev–Trinajstić information content (AvgIpc) is 2.65. The van der Waals surface area contributed by atoms with Gasteiger partial charge < -0.3 is 19.7 Å². The molecule has 0 fully saturated rings. The number of benzene rings is 2. The maximum atomic E-state index is 12.0. The molecule has 2 aromatic carbocycles. The Morgan fingerprint density at radius 1 is 0.607 bits per heavy atom. The van der Waals surface area contributed by atoms with Gasteiger partial charge in [-0.15, -0.1) is 0 Å². The Labute approximate surface area is 190 Å². The first-order chi connectivity index (χ1) is 12.4. The van der Waals surface area contributed by atoms with Gasteiger partial charge >= 0.3 is 23.9 Å². The molecule has 0 aliphatic rings. The molecule has 2 rings (SSSR count). The third-order valence-corrected chi connectivity index (χ3v) is 3.25. The second-order valence-corrected chi connectivity index (χ2v) is 5.06. The molecule has 0 heterocycles. The first-order valence-corrected chi connectivity index (χ1v) is 7.38. The fourth-order valence-corrected chi connectivity index (χ4v) is 2.00. The van der Waals surface area contributed by atoms with Crippen LogP contribution in [0.2, 0.25) is 0 Å². The normalized spacial score (nSPS) is 11.6. The number of aliphatic carboxylic acids is 2. The monoisotopic (exact) mass is 572 g/mol. The van der Waals surface area contributed by atoms with Crippen molar-refractivity contribution in [3.8, 4) is 0 Å². The fraction of sp³-hybridized carbons (Fsp3) is 0.111. The zero-order valence-corrected chi connectivity index (χ0v) is 16.8. The maximum Gasteiger partial charge on any atom is 0.349 e. The van der Waals surface area contributed by atoms with E-state index in [1.807, 2.05) is 0 Å². The summed E-state index contributed by atoms with van der Waals surface area (Å²) in [5, 5.41) is 18.5. The van der Waals surface area contributed by atoms with Gasteiger partial charge in [0.15, 0.2) is 0 Å². The second kappa shape index (κ2) is 12.3. The summed E-state index contributed by atoms with van der Waals surface area (Å²) in [6.45, 7) is 0. The number of hydrogen-bond donors (Lipinski definition) is 2. The molecule has 0 aromatic heterocycles. The van der Waals surface area contributed by atoms with E-state index in [0.29, 0.717) is 0 Å². The number of ether oxygens (including phenoxy) is 2. The van der Waals surface area contributed by atoms with Crippen LogP contribution in [0.4, 0.5) is 0 Å². The van der Waals surface area contributed by atoms with E-state index >= 15 is 0 Å². The zero-order valence-electron chi connectivity index (χ0n) is 13.9. The summed E-state index contributed by atoms with van der Waals surface area (Å²) in [6.07, 6.45) is -4.43. The fourth-order valence-electron chi connectivity index (χ4n) is 2.00. The van der Waals surface area contributed by atoms with Crippen molar-refractivity contribution in [2.24, 2.45) is 0 Å². The molecule has 2 atom stereocenters. The molecule has 0 amide bonds. The number of carboxylic acid groups (broad SMARTS) is 2. The van der Waals surface area contributed by atoms with Crippen LogP contribution in [0.5, 0.6) is 0 Å². The van der Waals surface area contributed by atoms with E-state index in [9.17, 15) is 29.4 Å². The summed E-state index contributed by atoms with van der Waals surface area (Å²) in [5.41, 5.74) is 0.0505. The predicted molar refractivity (Wildman–Crippen MR) is 86.6 cm³/mol. The molecule has 156 valence electrons. The quantitative estimate of drug-likeness (QED) is 0.378. The SMILES string of the molecule is O=C(OC(C(=O)O)C(OC(=O)c1ccccc1)C(=O)O)c1ccccc1.[Ag].[Ag]. The van der Waals surface area contributed by atoms with Gasteiger partial charge in [0.25, 0.3) is 0 Å². The summed E-state index contributed by atoms with van der Waals surface area (Å²) >= 11 is 0. The molecule has 10 heteroatoms. The molecular formula is C18H14Ag2O8. The Kier molecular flexibility index (Phi) is 11.3. The van der Waals surface area contributed by atoms with Gasteiger partial charge in [-0.1, -0.05) is 36.4 Å². The van der Waals surface area contributed by atoms with Crippen LogP contribution >= 0.6 is 0 Å². The number of rotatable bonds is 7. The Bertz CT molecular complexity index is 741. The number of carbonyl (C=O) groups excluding carboxylic acids is 2. The van der Waals surface area contributed by atoms with Gasteiger partial charge in [0, 0.05) is 44.8 Å². The first-order valence-electron chi connectivity index (χ1n) is 7.38. The van der Waals surface area contributed by atoms with Crippen LogP contribution in [0.1, 0.15) is 20.7 Å². The van der Waals surface area contributed by atoms with Crippen LogP contribution in [0.25, 0.3) is 0 Å². The zero-order chi connectivity index (χ0) is 19.1. The number of carbonyl (C=O) groups is 4. The minimum atomic E-state index is -2.21. The van der Waals surface area contributed by atoms with Gasteiger partial charge in [-0.2, -0.15) is 0 Å². The summed E-state index contributed by atoms with van der Waals surface area (Å²) in [7, 11) is 0. The Morgan fingerprint density at radius 2 is 0.893 bits per heavy atom. The summed E-state index contributed by atoms with van der Waals surface area (Å²) in [6, 6.07) is 14.8. The average molecular weight is 574 g/mol. The molecular weight excluding hydrogens is 560 g/mol. The maximum absolute atomic E-state index is 12.0. The predicted octanol–water partition coefficient (Wildman–Crippen LogP) is 1.60. The van der Waals surface area contributed by atoms with Crippen molar-refractivity contribution < 1.29 is 83.6 Å². The number of carboxylic acids is 2. The van der Waals surface area contributed by atoms with Crippen LogP contribution < -0.4 is 0 Å². The minimum Gasteiger partial charge on any atom is -0.478 e. The molecule has 0 spiro atoms. The van der Waals surface area contributed by atoms with Gasteiger partial charge in [0.2, 0.25) is 12.2 Å². The third-order valence-electron chi connectivity index (χ3n) is 3.25. The molecule has 2 aromatic rings. The summed E-state index contributed by atoms with van der Waals surface area (Å²) < 4.78 is 9.52. The van der Waals surface area contributed by atoms with Crippen molar-refractivity contribution in [2.75, 3.05) is 0 Å². The Hall–Kier alpha value is -2.20. The molecule has 2 N–H and O–H groups in total. The molecule has 28 heavy (non-hydrogen) atoms. The molecule has 0 saturated heterocycles. The van der Waals surface area contributed by atoms with Crippen LogP contribution in [-0.4, -0.2) is 46.3 Å². The van der Waals surface area contributed by atoms with Crippen molar-refractivity contribution in [1.82, 2.24) is 0 Å². The van der Waals surface area contributed by atoms with Crippen molar-refractivity contribution in [1.29, 1.82) is 0 Å². The van der Waals surface area contributed by atoms with E-state index in [0.717, 1.165) is 0 Å². The van der Waals surface area contributed by atoms with Gasteiger partial charge in [-0.3, -0.25) is 0 Å². The molecule has 0 aliphatic heterocycles. The van der Waals surface area contributed by atoms with E-state index < -0.39 is 36.1 Å². The smallest absolute Gasteiger partial charge is 0.349 e.